The van der Waals surface area contributed by atoms with Gasteiger partial charge in [0.25, 0.3) is 0 Å². The number of nitrogens with zero attached hydrogens (tertiary/aromatic N) is 2. The van der Waals surface area contributed by atoms with E-state index in [2.05, 4.69) is 21.3 Å². The standard InChI is InChI=1S/C22H24N4O5/c1-14-16(3-2-4-20(14)24-22(27)28)19(13-26(29)30)18-12-23-21-6-5-15(11-17(18)21)25-7-9-31-10-8-25/h2-6,11-12,19,23-24H,7-10,13H2,1H3,(H,27,28). The predicted molar refractivity (Wildman–Crippen MR) is 118 cm³/mol. The molecule has 1 saturated heterocycles. The number of nitro groups is 1. The first-order valence-corrected chi connectivity index (χ1v) is 10.1. The maximum Gasteiger partial charge on any atom is 0.409 e. The van der Waals surface area contributed by atoms with Crippen molar-refractivity contribution in [3.63, 3.8) is 0 Å². The van der Waals surface area contributed by atoms with Crippen LogP contribution in [0.2, 0.25) is 0 Å². The smallest absolute Gasteiger partial charge is 0.409 e. The van der Waals surface area contributed by atoms with Crippen LogP contribution in [0.3, 0.4) is 0 Å². The summed E-state index contributed by atoms with van der Waals surface area (Å²) in [6.45, 7) is 4.42. The van der Waals surface area contributed by atoms with Crippen molar-refractivity contribution in [1.29, 1.82) is 0 Å². The summed E-state index contributed by atoms with van der Waals surface area (Å²) < 4.78 is 5.44. The molecule has 1 fully saturated rings. The van der Waals surface area contributed by atoms with Gasteiger partial charge in [0.2, 0.25) is 6.54 Å². The zero-order valence-corrected chi connectivity index (χ0v) is 17.1. The van der Waals surface area contributed by atoms with Crippen LogP contribution in [0.1, 0.15) is 22.6 Å². The van der Waals surface area contributed by atoms with Crippen molar-refractivity contribution in [3.05, 3.63) is 69.4 Å². The first-order valence-electron chi connectivity index (χ1n) is 10.1. The van der Waals surface area contributed by atoms with Gasteiger partial charge in [0.1, 0.15) is 0 Å². The topological polar surface area (TPSA) is 121 Å². The van der Waals surface area contributed by atoms with Gasteiger partial charge in [-0.05, 0) is 47.9 Å². The van der Waals surface area contributed by atoms with E-state index in [-0.39, 0.29) is 11.5 Å². The molecule has 0 aliphatic carbocycles. The van der Waals surface area contributed by atoms with E-state index in [0.717, 1.165) is 40.8 Å². The maximum absolute atomic E-state index is 11.6. The summed E-state index contributed by atoms with van der Waals surface area (Å²) in [6.07, 6.45) is 0.645. The van der Waals surface area contributed by atoms with Crippen molar-refractivity contribution in [2.75, 3.05) is 43.1 Å². The first-order chi connectivity index (χ1) is 14.9. The van der Waals surface area contributed by atoms with Gasteiger partial charge in [-0.2, -0.15) is 0 Å². The van der Waals surface area contributed by atoms with Crippen LogP contribution in [-0.4, -0.2) is 54.0 Å². The summed E-state index contributed by atoms with van der Waals surface area (Å²) in [5, 5.41) is 24.0. The Morgan fingerprint density at radius 3 is 2.77 bits per heavy atom. The van der Waals surface area contributed by atoms with Gasteiger partial charge in [0.05, 0.1) is 19.1 Å². The van der Waals surface area contributed by atoms with Crippen LogP contribution in [-0.2, 0) is 4.74 Å². The van der Waals surface area contributed by atoms with Gasteiger partial charge in [0, 0.05) is 46.5 Å². The van der Waals surface area contributed by atoms with E-state index in [0.29, 0.717) is 24.5 Å². The number of carboxylic acid groups (broad SMARTS) is 1. The lowest BCUT2D eigenvalue weighted by molar-refractivity contribution is -0.481. The van der Waals surface area contributed by atoms with E-state index in [4.69, 9.17) is 9.84 Å². The molecule has 1 aliphatic heterocycles. The van der Waals surface area contributed by atoms with Crippen molar-refractivity contribution in [2.45, 2.75) is 12.8 Å². The second-order valence-corrected chi connectivity index (χ2v) is 7.59. The summed E-state index contributed by atoms with van der Waals surface area (Å²) in [5.41, 5.74) is 4.59. The van der Waals surface area contributed by atoms with Gasteiger partial charge < -0.3 is 19.7 Å². The van der Waals surface area contributed by atoms with Crippen LogP contribution < -0.4 is 10.2 Å². The number of fused-ring (bicyclic) bond motifs is 1. The molecule has 162 valence electrons. The van der Waals surface area contributed by atoms with Crippen LogP contribution in [0.5, 0.6) is 0 Å². The van der Waals surface area contributed by atoms with Gasteiger partial charge in [-0.25, -0.2) is 4.79 Å². The first kappa shape index (κ1) is 20.7. The van der Waals surface area contributed by atoms with E-state index < -0.39 is 12.0 Å². The molecule has 9 heteroatoms. The Labute approximate surface area is 178 Å². The number of H-pyrrole nitrogens is 1. The average Bonchev–Trinajstić information content (AvgIpc) is 3.17. The minimum Gasteiger partial charge on any atom is -0.465 e. The van der Waals surface area contributed by atoms with Crippen molar-refractivity contribution >= 4 is 28.4 Å². The fourth-order valence-corrected chi connectivity index (χ4v) is 4.23. The number of carbonyl (C=O) groups is 1. The minimum atomic E-state index is -1.17. The fraction of sp³-hybridized carbons (Fsp3) is 0.318. The van der Waals surface area contributed by atoms with Gasteiger partial charge in [-0.1, -0.05) is 12.1 Å². The molecule has 0 saturated carbocycles. The molecule has 3 aromatic rings. The molecule has 1 atom stereocenters. The normalized spacial score (nSPS) is 15.1. The fourth-order valence-electron chi connectivity index (χ4n) is 4.23. The maximum atomic E-state index is 11.6. The molecule has 3 N–H and O–H groups in total. The molecule has 31 heavy (non-hydrogen) atoms. The molecule has 4 rings (SSSR count). The Morgan fingerprint density at radius 2 is 2.06 bits per heavy atom. The third kappa shape index (κ3) is 4.31. The van der Waals surface area contributed by atoms with Crippen molar-refractivity contribution in [3.8, 4) is 0 Å². The quantitative estimate of drug-likeness (QED) is 0.409. The number of nitrogens with one attached hydrogen (secondary N) is 2. The SMILES string of the molecule is Cc1c(NC(=O)O)cccc1C(C[N+](=O)[O-])c1c[nH]c2ccc(N3CCOCC3)cc12. The van der Waals surface area contributed by atoms with Gasteiger partial charge in [0.15, 0.2) is 0 Å². The highest BCUT2D eigenvalue weighted by molar-refractivity contribution is 5.88. The second kappa shape index (κ2) is 8.65. The Hall–Kier alpha value is -3.59. The lowest BCUT2D eigenvalue weighted by Gasteiger charge is -2.29. The monoisotopic (exact) mass is 424 g/mol. The summed E-state index contributed by atoms with van der Waals surface area (Å²) in [5.74, 6) is -0.528. The van der Waals surface area contributed by atoms with Crippen LogP contribution in [0.4, 0.5) is 16.2 Å². The van der Waals surface area contributed by atoms with E-state index in [1.54, 1.807) is 19.1 Å². The molecule has 1 aromatic heterocycles. The number of hydrogen-bond donors (Lipinski definition) is 3. The molecular weight excluding hydrogens is 400 g/mol. The Kier molecular flexibility index (Phi) is 5.77. The molecule has 0 bridgehead atoms. The molecule has 1 amide bonds. The predicted octanol–water partition coefficient (Wildman–Crippen LogP) is 3.81. The number of amides is 1. The molecular formula is C22H24N4O5. The number of morpholine rings is 1. The van der Waals surface area contributed by atoms with Gasteiger partial charge in [-0.3, -0.25) is 15.4 Å². The highest BCUT2D eigenvalue weighted by atomic mass is 16.6. The minimum absolute atomic E-state index is 0.300. The molecule has 1 aliphatic rings. The largest absolute Gasteiger partial charge is 0.465 e. The molecule has 1 unspecified atom stereocenters. The number of hydrogen-bond acceptors (Lipinski definition) is 5. The number of aromatic amines is 1. The highest BCUT2D eigenvalue weighted by Gasteiger charge is 2.26. The van der Waals surface area contributed by atoms with Crippen molar-refractivity contribution in [1.82, 2.24) is 4.98 Å². The number of anilines is 2. The van der Waals surface area contributed by atoms with Crippen LogP contribution in [0.15, 0.2) is 42.6 Å². The van der Waals surface area contributed by atoms with E-state index in [1.807, 2.05) is 24.4 Å². The van der Waals surface area contributed by atoms with E-state index in [1.165, 1.54) is 0 Å². The molecule has 9 nitrogen and oxygen atoms in total. The summed E-state index contributed by atoms with van der Waals surface area (Å²) >= 11 is 0. The average molecular weight is 424 g/mol. The van der Waals surface area contributed by atoms with Crippen LogP contribution in [0, 0.1) is 17.0 Å². The zero-order chi connectivity index (χ0) is 22.0. The van der Waals surface area contributed by atoms with E-state index >= 15 is 0 Å². The van der Waals surface area contributed by atoms with Crippen molar-refractivity contribution in [2.24, 2.45) is 0 Å². The number of rotatable bonds is 6. The van der Waals surface area contributed by atoms with Crippen LogP contribution in [0.25, 0.3) is 10.9 Å². The van der Waals surface area contributed by atoms with E-state index in [9.17, 15) is 14.9 Å². The Bertz CT molecular complexity index is 1120. The second-order valence-electron chi connectivity index (χ2n) is 7.59. The summed E-state index contributed by atoms with van der Waals surface area (Å²) in [6, 6.07) is 11.3. The summed E-state index contributed by atoms with van der Waals surface area (Å²) in [7, 11) is 0. The number of aromatic nitrogens is 1. The lowest BCUT2D eigenvalue weighted by Crippen LogP contribution is -2.36. The Morgan fingerprint density at radius 1 is 1.29 bits per heavy atom. The van der Waals surface area contributed by atoms with Gasteiger partial charge >= 0.3 is 6.09 Å². The third-order valence-corrected chi connectivity index (χ3v) is 5.77. The van der Waals surface area contributed by atoms with Crippen LogP contribution >= 0.6 is 0 Å². The molecule has 2 heterocycles. The van der Waals surface area contributed by atoms with Crippen molar-refractivity contribution < 1.29 is 19.6 Å². The zero-order valence-electron chi connectivity index (χ0n) is 17.1. The molecule has 0 spiro atoms. The molecule has 2 aromatic carbocycles. The summed E-state index contributed by atoms with van der Waals surface area (Å²) in [4.78, 5) is 27.8. The number of ether oxygens (including phenoxy) is 1. The highest BCUT2D eigenvalue weighted by Crippen LogP contribution is 2.36. The molecule has 0 radical (unpaired) electrons. The Balaban J connectivity index is 1.80. The number of benzene rings is 2. The lowest BCUT2D eigenvalue weighted by atomic mass is 9.87. The van der Waals surface area contributed by atoms with Gasteiger partial charge in [-0.15, -0.1) is 0 Å². The third-order valence-electron chi connectivity index (χ3n) is 5.77.